The van der Waals surface area contributed by atoms with Crippen LogP contribution in [0.25, 0.3) is 0 Å². The molecule has 34 heavy (non-hydrogen) atoms. The minimum atomic E-state index is -0.268. The number of benzene rings is 4. The van der Waals surface area contributed by atoms with E-state index in [1.165, 1.54) is 32.8 Å². The number of hydrogen-bond acceptors (Lipinski definition) is 1. The maximum absolute atomic E-state index is 4.57. The number of hydrogen-bond donors (Lipinski definition) is 0. The van der Waals surface area contributed by atoms with Crippen molar-refractivity contribution < 1.29 is 17.3 Å². The summed E-state index contributed by atoms with van der Waals surface area (Å²) >= 11 is 3.78. The molecule has 0 unspecified atom stereocenters. The van der Waals surface area contributed by atoms with Gasteiger partial charge in [-0.15, -0.1) is 11.8 Å². The van der Waals surface area contributed by atoms with Gasteiger partial charge in [0.2, 0.25) is 0 Å². The second-order valence-electron chi connectivity index (χ2n) is 8.05. The smallest absolute Gasteiger partial charge is 0.00720 e. The van der Waals surface area contributed by atoms with Gasteiger partial charge in [0.15, 0.2) is 0 Å². The van der Waals surface area contributed by atoms with E-state index in [1.54, 1.807) is 0 Å². The van der Waals surface area contributed by atoms with Crippen molar-refractivity contribution in [2.75, 3.05) is 11.9 Å². The van der Waals surface area contributed by atoms with Crippen LogP contribution < -0.4 is 10.6 Å². The van der Waals surface area contributed by atoms with Gasteiger partial charge in [-0.25, -0.2) is 0 Å². The summed E-state index contributed by atoms with van der Waals surface area (Å²) in [5, 5.41) is 2.94. The van der Waals surface area contributed by atoms with Gasteiger partial charge in [0.25, 0.3) is 0 Å². The summed E-state index contributed by atoms with van der Waals surface area (Å²) in [5.41, 5.74) is 2.76. The molecule has 0 aliphatic rings. The molecule has 0 N–H and O–H groups in total. The molecular formula is C30H33ClPRuS+. The van der Waals surface area contributed by atoms with Gasteiger partial charge in [0.1, 0.15) is 0 Å². The molecule has 0 amide bonds. The normalized spacial score (nSPS) is 10.2. The predicted molar refractivity (Wildman–Crippen MR) is 152 cm³/mol. The quantitative estimate of drug-likeness (QED) is 0.117. The van der Waals surface area contributed by atoms with Crippen molar-refractivity contribution >= 4 is 40.0 Å². The molecule has 4 heteroatoms. The summed E-state index contributed by atoms with van der Waals surface area (Å²) in [6.07, 6.45) is 1.21. The summed E-state index contributed by atoms with van der Waals surface area (Å²) in [5.74, 6) is 1.81. The average molecular weight is 593 g/mol. The van der Waals surface area contributed by atoms with Gasteiger partial charge >= 0.3 is 27.0 Å². The molecule has 0 radical (unpaired) electrons. The van der Waals surface area contributed by atoms with Crippen molar-refractivity contribution in [3.8, 4) is 0 Å². The molecule has 0 aliphatic carbocycles. The zero-order valence-corrected chi connectivity index (χ0v) is 24.3. The first kappa shape index (κ1) is 28.8. The van der Waals surface area contributed by atoms with Crippen LogP contribution in [0.4, 0.5) is 0 Å². The molecule has 0 heterocycles. The summed E-state index contributed by atoms with van der Waals surface area (Å²) in [6, 6.07) is 41.3. The molecule has 0 saturated carbocycles. The Balaban J connectivity index is 0.000000286. The maximum atomic E-state index is 4.57. The van der Waals surface area contributed by atoms with Crippen molar-refractivity contribution in [1.29, 1.82) is 0 Å². The molecule has 0 spiro atoms. The van der Waals surface area contributed by atoms with E-state index in [0.717, 1.165) is 5.75 Å². The molecular weight excluding hydrogens is 560 g/mol. The molecule has 0 aromatic heterocycles. The van der Waals surface area contributed by atoms with Gasteiger partial charge in [0.05, 0.1) is 0 Å². The van der Waals surface area contributed by atoms with Crippen LogP contribution in [0.1, 0.15) is 30.9 Å². The van der Waals surface area contributed by atoms with E-state index < -0.39 is 0 Å². The Labute approximate surface area is 226 Å². The molecule has 4 aromatic rings. The zero-order valence-electron chi connectivity index (χ0n) is 20.0. The largest absolute Gasteiger partial charge is 0.126 e. The fraction of sp³-hybridized carbons (Fsp3) is 0.200. The minimum absolute atomic E-state index is 0.268. The van der Waals surface area contributed by atoms with Crippen molar-refractivity contribution in [3.05, 3.63) is 126 Å². The monoisotopic (exact) mass is 593 g/mol. The Bertz CT molecular complexity index is 986. The van der Waals surface area contributed by atoms with Crippen LogP contribution >= 0.6 is 29.4 Å². The van der Waals surface area contributed by atoms with Crippen LogP contribution in [-0.4, -0.2) is 11.9 Å². The number of halogens is 1. The first-order valence-electron chi connectivity index (χ1n) is 11.4. The van der Waals surface area contributed by atoms with E-state index in [0.29, 0.717) is 5.92 Å². The SMILES string of the molecule is Cc1ccc(C(C)C)cc1.[Cl][Ru+].c1ccc(SCCP(c2ccccc2)c2ccccc2)cc1. The third kappa shape index (κ3) is 10.5. The molecule has 0 bridgehead atoms. The molecule has 4 rings (SSSR count). The predicted octanol–water partition coefficient (Wildman–Crippen LogP) is 8.72. The van der Waals surface area contributed by atoms with Crippen LogP contribution in [0, 0.1) is 6.92 Å². The average Bonchev–Trinajstić information content (AvgIpc) is 2.90. The van der Waals surface area contributed by atoms with E-state index in [1.807, 2.05) is 29.1 Å². The topological polar surface area (TPSA) is 0 Å². The van der Waals surface area contributed by atoms with E-state index in [9.17, 15) is 0 Å². The molecule has 0 saturated heterocycles. The van der Waals surface area contributed by atoms with Crippen LogP contribution in [0.2, 0.25) is 0 Å². The molecule has 0 nitrogen and oxygen atoms in total. The van der Waals surface area contributed by atoms with Gasteiger partial charge < -0.3 is 0 Å². The third-order valence-electron chi connectivity index (χ3n) is 5.21. The Kier molecular flexibility index (Phi) is 14.5. The second kappa shape index (κ2) is 17.1. The van der Waals surface area contributed by atoms with Crippen molar-refractivity contribution in [1.82, 2.24) is 0 Å². The molecule has 4 aromatic carbocycles. The van der Waals surface area contributed by atoms with Gasteiger partial charge in [-0.2, -0.15) is 0 Å². The van der Waals surface area contributed by atoms with E-state index in [2.05, 4.69) is 146 Å². The van der Waals surface area contributed by atoms with Crippen LogP contribution in [0.3, 0.4) is 0 Å². The van der Waals surface area contributed by atoms with Crippen molar-refractivity contribution in [2.45, 2.75) is 31.6 Å². The molecule has 178 valence electrons. The summed E-state index contributed by atoms with van der Waals surface area (Å²) < 4.78 is 0. The van der Waals surface area contributed by atoms with E-state index >= 15 is 0 Å². The number of thioether (sulfide) groups is 1. The second-order valence-corrected chi connectivity index (χ2v) is 11.6. The number of rotatable bonds is 7. The maximum Gasteiger partial charge on any atom is 0.00720 e. The fourth-order valence-corrected chi connectivity index (χ4v) is 6.91. The van der Waals surface area contributed by atoms with E-state index in [-0.39, 0.29) is 7.92 Å². The molecule has 0 aliphatic heterocycles. The van der Waals surface area contributed by atoms with Crippen molar-refractivity contribution in [3.63, 3.8) is 0 Å². The Morgan fingerprint density at radius 3 is 1.56 bits per heavy atom. The molecule has 0 fully saturated rings. The number of aryl methyl sites for hydroxylation is 1. The Morgan fingerprint density at radius 2 is 1.12 bits per heavy atom. The fourth-order valence-electron chi connectivity index (χ4n) is 3.35. The van der Waals surface area contributed by atoms with Gasteiger partial charge in [0, 0.05) is 10.6 Å². The third-order valence-corrected chi connectivity index (χ3v) is 9.04. The van der Waals surface area contributed by atoms with Crippen molar-refractivity contribution in [2.24, 2.45) is 0 Å². The summed E-state index contributed by atoms with van der Waals surface area (Å²) in [7, 11) is 4.30. The van der Waals surface area contributed by atoms with Gasteiger partial charge in [-0.05, 0) is 55.2 Å². The standard InChI is InChI=1S/C20H19PS.C10H14.ClH.Ru/c1-4-10-18(11-5-1)21(19-12-6-2-7-13-19)16-17-22-20-14-8-3-9-15-20;1-8(2)10-6-4-9(3)5-7-10;;/h1-15H,16-17H2;4-8H,1-3H3;1H;/q;;;+2/p-1. The van der Waals surface area contributed by atoms with Crippen LogP contribution in [0.5, 0.6) is 0 Å². The van der Waals surface area contributed by atoms with Crippen LogP contribution in [-0.2, 0) is 17.3 Å². The summed E-state index contributed by atoms with van der Waals surface area (Å²) in [6.45, 7) is 6.54. The first-order valence-corrected chi connectivity index (χ1v) is 16.1. The minimum Gasteiger partial charge on any atom is -0.126 e. The summed E-state index contributed by atoms with van der Waals surface area (Å²) in [4.78, 5) is 1.36. The first-order chi connectivity index (χ1) is 16.6. The molecule has 0 atom stereocenters. The van der Waals surface area contributed by atoms with Crippen LogP contribution in [0.15, 0.2) is 120 Å². The zero-order chi connectivity index (χ0) is 24.6. The van der Waals surface area contributed by atoms with E-state index in [4.69, 9.17) is 0 Å². The Morgan fingerprint density at radius 1 is 0.676 bits per heavy atom. The van der Waals surface area contributed by atoms with Gasteiger partial charge in [-0.1, -0.05) is 123 Å². The Hall–Kier alpha value is -1.43. The van der Waals surface area contributed by atoms with Gasteiger partial charge in [-0.3, -0.25) is 0 Å².